The second-order valence-corrected chi connectivity index (χ2v) is 4.73. The van der Waals surface area contributed by atoms with E-state index in [2.05, 4.69) is 10.0 Å². The van der Waals surface area contributed by atoms with Crippen molar-refractivity contribution in [1.82, 2.24) is 9.91 Å². The quantitative estimate of drug-likeness (QED) is 0.807. The zero-order valence-corrected chi connectivity index (χ0v) is 11.0. The van der Waals surface area contributed by atoms with Gasteiger partial charge in [0, 0.05) is 19.4 Å². The smallest absolute Gasteiger partial charge is 0.243 e. The van der Waals surface area contributed by atoms with Gasteiger partial charge in [0.1, 0.15) is 0 Å². The Hall–Kier alpha value is -1.68. The van der Waals surface area contributed by atoms with E-state index in [0.717, 1.165) is 24.2 Å². The molecule has 0 aromatic heterocycles. The molecule has 0 radical (unpaired) electrons. The van der Waals surface area contributed by atoms with Crippen LogP contribution in [0.5, 0.6) is 0 Å². The van der Waals surface area contributed by atoms with Crippen LogP contribution < -0.4 is 0 Å². The van der Waals surface area contributed by atoms with Crippen LogP contribution in [0.3, 0.4) is 0 Å². The SMILES string of the molecule is CN(C)CCN1N=C(c2ccccc2)CCC1=O. The molecule has 0 N–H and O–H groups in total. The Morgan fingerprint density at radius 1 is 1.22 bits per heavy atom. The van der Waals surface area contributed by atoms with Crippen LogP contribution in [0.25, 0.3) is 0 Å². The Bertz CT molecular complexity index is 440. The van der Waals surface area contributed by atoms with Crippen molar-refractivity contribution in [1.29, 1.82) is 0 Å². The van der Waals surface area contributed by atoms with E-state index in [9.17, 15) is 4.79 Å². The van der Waals surface area contributed by atoms with Crippen LogP contribution in [0.1, 0.15) is 18.4 Å². The van der Waals surface area contributed by atoms with E-state index in [4.69, 9.17) is 0 Å². The lowest BCUT2D eigenvalue weighted by Crippen LogP contribution is -2.36. The third-order valence-corrected chi connectivity index (χ3v) is 2.97. The standard InChI is InChI=1S/C14H19N3O/c1-16(2)10-11-17-14(18)9-8-13(15-17)12-6-4-3-5-7-12/h3-7H,8-11H2,1-2H3. The number of hydrazone groups is 1. The number of carbonyl (C=O) groups is 1. The van der Waals surface area contributed by atoms with Crippen LogP contribution in [-0.4, -0.2) is 48.7 Å². The first-order valence-corrected chi connectivity index (χ1v) is 6.25. The van der Waals surface area contributed by atoms with E-state index < -0.39 is 0 Å². The monoisotopic (exact) mass is 245 g/mol. The van der Waals surface area contributed by atoms with E-state index in [1.165, 1.54) is 0 Å². The number of likely N-dealkylation sites (N-methyl/N-ethyl adjacent to an activating group) is 1. The molecule has 0 bridgehead atoms. The summed E-state index contributed by atoms with van der Waals surface area (Å²) in [5.41, 5.74) is 2.12. The maximum Gasteiger partial charge on any atom is 0.243 e. The van der Waals surface area contributed by atoms with Crippen molar-refractivity contribution >= 4 is 11.6 Å². The summed E-state index contributed by atoms with van der Waals surface area (Å²) in [5, 5.41) is 6.08. The minimum absolute atomic E-state index is 0.122. The number of amides is 1. The highest BCUT2D eigenvalue weighted by Gasteiger charge is 2.20. The molecule has 0 saturated heterocycles. The minimum atomic E-state index is 0.122. The molecule has 1 amide bonds. The van der Waals surface area contributed by atoms with Gasteiger partial charge in [0.2, 0.25) is 5.91 Å². The molecular formula is C14H19N3O. The molecule has 1 aromatic carbocycles. The van der Waals surface area contributed by atoms with Gasteiger partial charge in [0.05, 0.1) is 12.3 Å². The van der Waals surface area contributed by atoms with Crippen molar-refractivity contribution in [3.8, 4) is 0 Å². The van der Waals surface area contributed by atoms with E-state index in [1.807, 2.05) is 44.4 Å². The molecule has 2 rings (SSSR count). The largest absolute Gasteiger partial charge is 0.308 e. The lowest BCUT2D eigenvalue weighted by atomic mass is 10.0. The van der Waals surface area contributed by atoms with Gasteiger partial charge in [-0.1, -0.05) is 30.3 Å². The summed E-state index contributed by atoms with van der Waals surface area (Å²) < 4.78 is 0. The van der Waals surface area contributed by atoms with Crippen molar-refractivity contribution in [3.63, 3.8) is 0 Å². The molecule has 4 nitrogen and oxygen atoms in total. The second kappa shape index (κ2) is 5.78. The lowest BCUT2D eigenvalue weighted by Gasteiger charge is -2.24. The molecular weight excluding hydrogens is 226 g/mol. The van der Waals surface area contributed by atoms with Gasteiger partial charge in [0.15, 0.2) is 0 Å². The first kappa shape index (κ1) is 12.8. The van der Waals surface area contributed by atoms with Crippen LogP contribution in [0.4, 0.5) is 0 Å². The summed E-state index contributed by atoms with van der Waals surface area (Å²) in [6.07, 6.45) is 1.29. The lowest BCUT2D eigenvalue weighted by molar-refractivity contribution is -0.131. The van der Waals surface area contributed by atoms with Crippen molar-refractivity contribution in [3.05, 3.63) is 35.9 Å². The van der Waals surface area contributed by atoms with Gasteiger partial charge in [-0.2, -0.15) is 5.10 Å². The van der Waals surface area contributed by atoms with Gasteiger partial charge < -0.3 is 4.90 Å². The van der Waals surface area contributed by atoms with Crippen molar-refractivity contribution in [2.75, 3.05) is 27.2 Å². The molecule has 1 heterocycles. The average molecular weight is 245 g/mol. The van der Waals surface area contributed by atoms with Gasteiger partial charge in [0.25, 0.3) is 0 Å². The first-order chi connectivity index (χ1) is 8.66. The number of benzene rings is 1. The fourth-order valence-electron chi connectivity index (χ4n) is 1.91. The average Bonchev–Trinajstić information content (AvgIpc) is 2.38. The molecule has 1 aromatic rings. The van der Waals surface area contributed by atoms with Gasteiger partial charge >= 0.3 is 0 Å². The summed E-state index contributed by atoms with van der Waals surface area (Å²) in [6, 6.07) is 10.1. The number of hydrogen-bond donors (Lipinski definition) is 0. The second-order valence-electron chi connectivity index (χ2n) is 4.73. The number of rotatable bonds is 4. The van der Waals surface area contributed by atoms with E-state index >= 15 is 0 Å². The number of nitrogens with zero attached hydrogens (tertiary/aromatic N) is 3. The molecule has 0 unspecified atom stereocenters. The third kappa shape index (κ3) is 3.17. The van der Waals surface area contributed by atoms with Crippen LogP contribution >= 0.6 is 0 Å². The highest BCUT2D eigenvalue weighted by Crippen LogP contribution is 2.14. The van der Waals surface area contributed by atoms with Crippen LogP contribution in [0.2, 0.25) is 0 Å². The molecule has 0 fully saturated rings. The summed E-state index contributed by atoms with van der Waals surface area (Å²) in [7, 11) is 3.99. The Labute approximate surface area is 108 Å². The Balaban J connectivity index is 2.12. The predicted octanol–water partition coefficient (Wildman–Crippen LogP) is 1.57. The Morgan fingerprint density at radius 3 is 2.61 bits per heavy atom. The topological polar surface area (TPSA) is 35.9 Å². The molecule has 1 aliphatic rings. The normalized spacial score (nSPS) is 16.1. The summed E-state index contributed by atoms with van der Waals surface area (Å²) in [4.78, 5) is 13.8. The Kier molecular flexibility index (Phi) is 4.10. The first-order valence-electron chi connectivity index (χ1n) is 6.25. The molecule has 4 heteroatoms. The fourth-order valence-corrected chi connectivity index (χ4v) is 1.91. The highest BCUT2D eigenvalue weighted by molar-refractivity contribution is 6.04. The maximum absolute atomic E-state index is 11.8. The summed E-state index contributed by atoms with van der Waals surface area (Å²) in [5.74, 6) is 0.122. The molecule has 0 spiro atoms. The molecule has 18 heavy (non-hydrogen) atoms. The summed E-state index contributed by atoms with van der Waals surface area (Å²) >= 11 is 0. The van der Waals surface area contributed by atoms with E-state index in [0.29, 0.717) is 13.0 Å². The van der Waals surface area contributed by atoms with Crippen LogP contribution in [0.15, 0.2) is 35.4 Å². The van der Waals surface area contributed by atoms with E-state index in [1.54, 1.807) is 5.01 Å². The molecule has 0 aliphatic carbocycles. The van der Waals surface area contributed by atoms with Crippen molar-refractivity contribution in [2.45, 2.75) is 12.8 Å². The zero-order valence-electron chi connectivity index (χ0n) is 11.0. The number of carbonyl (C=O) groups excluding carboxylic acids is 1. The Morgan fingerprint density at radius 2 is 1.94 bits per heavy atom. The molecule has 0 atom stereocenters. The van der Waals surface area contributed by atoms with Crippen LogP contribution in [-0.2, 0) is 4.79 Å². The highest BCUT2D eigenvalue weighted by atomic mass is 16.2. The van der Waals surface area contributed by atoms with Gasteiger partial charge in [-0.15, -0.1) is 0 Å². The molecule has 0 saturated carbocycles. The zero-order chi connectivity index (χ0) is 13.0. The van der Waals surface area contributed by atoms with Gasteiger partial charge in [-0.3, -0.25) is 4.79 Å². The fraction of sp³-hybridized carbons (Fsp3) is 0.429. The van der Waals surface area contributed by atoms with E-state index in [-0.39, 0.29) is 5.91 Å². The van der Waals surface area contributed by atoms with Gasteiger partial charge in [-0.25, -0.2) is 5.01 Å². The van der Waals surface area contributed by atoms with Crippen molar-refractivity contribution in [2.24, 2.45) is 5.10 Å². The summed E-state index contributed by atoms with van der Waals surface area (Å²) in [6.45, 7) is 1.49. The van der Waals surface area contributed by atoms with Crippen molar-refractivity contribution < 1.29 is 4.79 Å². The third-order valence-electron chi connectivity index (χ3n) is 2.97. The number of hydrogen-bond acceptors (Lipinski definition) is 3. The minimum Gasteiger partial charge on any atom is -0.308 e. The predicted molar refractivity (Wildman–Crippen MR) is 72.5 cm³/mol. The van der Waals surface area contributed by atoms with Gasteiger partial charge in [-0.05, 0) is 19.7 Å². The molecule has 96 valence electrons. The molecule has 1 aliphatic heterocycles. The maximum atomic E-state index is 11.8. The van der Waals surface area contributed by atoms with Crippen LogP contribution in [0, 0.1) is 0 Å².